The van der Waals surface area contributed by atoms with Gasteiger partial charge >= 0.3 is 5.97 Å². The largest absolute Gasteiger partial charge is 0.481 e. The minimum absolute atomic E-state index is 0.214. The number of carboxylic acids is 1. The molecule has 3 fully saturated rings. The van der Waals surface area contributed by atoms with E-state index in [-0.39, 0.29) is 5.92 Å². The van der Waals surface area contributed by atoms with E-state index in [2.05, 4.69) is 19.2 Å². The lowest BCUT2D eigenvalue weighted by Gasteiger charge is -2.33. The van der Waals surface area contributed by atoms with E-state index in [0.717, 1.165) is 30.1 Å². The van der Waals surface area contributed by atoms with Crippen molar-refractivity contribution in [1.82, 2.24) is 5.32 Å². The molecule has 0 aromatic carbocycles. The Hall–Kier alpha value is -0.570. The van der Waals surface area contributed by atoms with Gasteiger partial charge in [0.05, 0.1) is 5.92 Å². The molecule has 3 aliphatic rings. The summed E-state index contributed by atoms with van der Waals surface area (Å²) in [6, 6.07) is 0.605. The Morgan fingerprint density at radius 3 is 2.65 bits per heavy atom. The Balaban J connectivity index is 1.53. The van der Waals surface area contributed by atoms with E-state index in [9.17, 15) is 9.90 Å². The second-order valence-corrected chi connectivity index (χ2v) is 7.83. The van der Waals surface area contributed by atoms with Gasteiger partial charge in [0, 0.05) is 12.6 Å². The molecule has 0 spiro atoms. The standard InChI is InChI=1S/C17H29NO2/c1-10(2)6-12(17(19)20)9-18-16-8-11-7-15(16)14-5-3-4-13(11)14/h10-16,18H,3-9H2,1-2H3,(H,19,20)/t11-,12-,13+,14+,15+,16-/m1/s1. The minimum Gasteiger partial charge on any atom is -0.481 e. The first kappa shape index (κ1) is 14.4. The van der Waals surface area contributed by atoms with Crippen molar-refractivity contribution in [2.24, 2.45) is 35.5 Å². The molecular weight excluding hydrogens is 250 g/mol. The van der Waals surface area contributed by atoms with Crippen molar-refractivity contribution in [3.63, 3.8) is 0 Å². The summed E-state index contributed by atoms with van der Waals surface area (Å²) >= 11 is 0. The van der Waals surface area contributed by atoms with E-state index in [4.69, 9.17) is 0 Å². The van der Waals surface area contributed by atoms with Gasteiger partial charge in [0.15, 0.2) is 0 Å². The van der Waals surface area contributed by atoms with Gasteiger partial charge in [0.25, 0.3) is 0 Å². The Bertz CT molecular complexity index is 368. The van der Waals surface area contributed by atoms with Crippen molar-refractivity contribution < 1.29 is 9.90 Å². The first-order valence-electron chi connectivity index (χ1n) is 8.52. The van der Waals surface area contributed by atoms with E-state index >= 15 is 0 Å². The third kappa shape index (κ3) is 2.61. The van der Waals surface area contributed by atoms with Crippen molar-refractivity contribution in [1.29, 1.82) is 0 Å². The molecule has 3 heteroatoms. The third-order valence-corrected chi connectivity index (χ3v) is 6.16. The van der Waals surface area contributed by atoms with Gasteiger partial charge in [-0.05, 0) is 61.7 Å². The summed E-state index contributed by atoms with van der Waals surface area (Å²) in [5.74, 6) is 3.38. The molecule has 0 saturated heterocycles. The van der Waals surface area contributed by atoms with Crippen LogP contribution in [0.3, 0.4) is 0 Å². The fourth-order valence-electron chi connectivity index (χ4n) is 5.44. The van der Waals surface area contributed by atoms with Crippen LogP contribution in [0.25, 0.3) is 0 Å². The van der Waals surface area contributed by atoms with Crippen molar-refractivity contribution in [3.05, 3.63) is 0 Å². The molecular formula is C17H29NO2. The first-order valence-corrected chi connectivity index (χ1v) is 8.52. The predicted molar refractivity (Wildman–Crippen MR) is 79.4 cm³/mol. The zero-order valence-electron chi connectivity index (χ0n) is 12.8. The van der Waals surface area contributed by atoms with Crippen LogP contribution in [0.2, 0.25) is 0 Å². The van der Waals surface area contributed by atoms with Gasteiger partial charge in [-0.2, -0.15) is 0 Å². The van der Waals surface area contributed by atoms with E-state index < -0.39 is 5.97 Å². The number of rotatable bonds is 6. The molecule has 3 saturated carbocycles. The Kier molecular flexibility index (Phi) is 4.07. The molecule has 0 aromatic rings. The molecule has 2 bridgehead atoms. The average Bonchev–Trinajstić information content (AvgIpc) is 3.04. The van der Waals surface area contributed by atoms with Crippen LogP contribution in [0, 0.1) is 35.5 Å². The number of carbonyl (C=O) groups is 1. The average molecular weight is 279 g/mol. The van der Waals surface area contributed by atoms with E-state index in [1.165, 1.54) is 32.1 Å². The molecule has 0 amide bonds. The van der Waals surface area contributed by atoms with Crippen LogP contribution in [-0.4, -0.2) is 23.7 Å². The van der Waals surface area contributed by atoms with Crippen LogP contribution in [0.5, 0.6) is 0 Å². The fourth-order valence-corrected chi connectivity index (χ4v) is 5.44. The number of hydrogen-bond acceptors (Lipinski definition) is 2. The maximum atomic E-state index is 11.3. The van der Waals surface area contributed by atoms with Crippen molar-refractivity contribution in [3.8, 4) is 0 Å². The number of fused-ring (bicyclic) bond motifs is 5. The number of nitrogens with one attached hydrogen (secondary N) is 1. The van der Waals surface area contributed by atoms with Crippen molar-refractivity contribution >= 4 is 5.97 Å². The minimum atomic E-state index is -0.631. The Labute approximate surface area is 122 Å². The molecule has 3 rings (SSSR count). The molecule has 20 heavy (non-hydrogen) atoms. The van der Waals surface area contributed by atoms with E-state index in [0.29, 0.717) is 18.5 Å². The molecule has 6 atom stereocenters. The third-order valence-electron chi connectivity index (χ3n) is 6.16. The maximum absolute atomic E-state index is 11.3. The quantitative estimate of drug-likeness (QED) is 0.785. The van der Waals surface area contributed by atoms with Crippen LogP contribution in [-0.2, 0) is 4.79 Å². The second kappa shape index (κ2) is 5.67. The topological polar surface area (TPSA) is 49.3 Å². The normalized spacial score (nSPS) is 40.2. The molecule has 114 valence electrons. The van der Waals surface area contributed by atoms with Gasteiger partial charge < -0.3 is 10.4 Å². The SMILES string of the molecule is CC(C)C[C@H](CN[C@@H]1C[C@H]2C[C@H]1[C@H]1CCC[C@@H]21)C(=O)O. The summed E-state index contributed by atoms with van der Waals surface area (Å²) in [6.45, 7) is 4.88. The molecule has 0 unspecified atom stereocenters. The Morgan fingerprint density at radius 1 is 1.20 bits per heavy atom. The van der Waals surface area contributed by atoms with Crippen LogP contribution in [0.15, 0.2) is 0 Å². The van der Waals surface area contributed by atoms with Crippen molar-refractivity contribution in [2.75, 3.05) is 6.54 Å². The van der Waals surface area contributed by atoms with Crippen LogP contribution in [0.1, 0.15) is 52.4 Å². The highest BCUT2D eigenvalue weighted by atomic mass is 16.4. The smallest absolute Gasteiger partial charge is 0.307 e. The number of hydrogen-bond donors (Lipinski definition) is 2. The Morgan fingerprint density at radius 2 is 1.95 bits per heavy atom. The second-order valence-electron chi connectivity index (χ2n) is 7.83. The van der Waals surface area contributed by atoms with Gasteiger partial charge in [0.1, 0.15) is 0 Å². The van der Waals surface area contributed by atoms with Crippen LogP contribution in [0.4, 0.5) is 0 Å². The summed E-state index contributed by atoms with van der Waals surface area (Å²) in [4.78, 5) is 11.3. The van der Waals surface area contributed by atoms with Crippen LogP contribution < -0.4 is 5.32 Å². The number of carboxylic acid groups (broad SMARTS) is 1. The highest BCUT2D eigenvalue weighted by Crippen LogP contribution is 2.58. The fraction of sp³-hybridized carbons (Fsp3) is 0.941. The van der Waals surface area contributed by atoms with E-state index in [1.807, 2.05) is 0 Å². The van der Waals surface area contributed by atoms with Gasteiger partial charge in [-0.1, -0.05) is 20.3 Å². The summed E-state index contributed by atoms with van der Waals surface area (Å²) < 4.78 is 0. The summed E-state index contributed by atoms with van der Waals surface area (Å²) in [5.41, 5.74) is 0. The zero-order valence-corrected chi connectivity index (χ0v) is 12.8. The molecule has 2 N–H and O–H groups in total. The summed E-state index contributed by atoms with van der Waals surface area (Å²) in [5, 5.41) is 13.0. The predicted octanol–water partition coefficient (Wildman–Crippen LogP) is 3.15. The highest BCUT2D eigenvalue weighted by Gasteiger charge is 2.53. The molecule has 3 aliphatic carbocycles. The first-order chi connectivity index (χ1) is 9.56. The van der Waals surface area contributed by atoms with Gasteiger partial charge in [-0.15, -0.1) is 0 Å². The molecule has 0 aliphatic heterocycles. The monoisotopic (exact) mass is 279 g/mol. The molecule has 3 nitrogen and oxygen atoms in total. The maximum Gasteiger partial charge on any atom is 0.307 e. The zero-order chi connectivity index (χ0) is 14.3. The molecule has 0 heterocycles. The number of aliphatic carboxylic acids is 1. The summed E-state index contributed by atoms with van der Waals surface area (Å²) in [6.07, 6.45) is 7.83. The highest BCUT2D eigenvalue weighted by molar-refractivity contribution is 5.70. The molecule has 0 aromatic heterocycles. The molecule has 0 radical (unpaired) electrons. The van der Waals surface area contributed by atoms with Gasteiger partial charge in [-0.3, -0.25) is 4.79 Å². The van der Waals surface area contributed by atoms with Gasteiger partial charge in [0.2, 0.25) is 0 Å². The van der Waals surface area contributed by atoms with E-state index in [1.54, 1.807) is 0 Å². The van der Waals surface area contributed by atoms with Gasteiger partial charge in [-0.25, -0.2) is 0 Å². The van der Waals surface area contributed by atoms with Crippen LogP contribution >= 0.6 is 0 Å². The lowest BCUT2D eigenvalue weighted by molar-refractivity contribution is -0.142. The summed E-state index contributed by atoms with van der Waals surface area (Å²) in [7, 11) is 0. The van der Waals surface area contributed by atoms with Crippen molar-refractivity contribution in [2.45, 2.75) is 58.4 Å². The lowest BCUT2D eigenvalue weighted by Crippen LogP contribution is -2.42. The lowest BCUT2D eigenvalue weighted by atomic mass is 9.79.